The summed E-state index contributed by atoms with van der Waals surface area (Å²) in [5.41, 5.74) is 2.90. The number of para-hydroxylation sites is 3. The van der Waals surface area contributed by atoms with Crippen LogP contribution in [0.4, 0.5) is 17.2 Å². The molecule has 0 aliphatic heterocycles. The number of carbonyl (C=O) groups is 1. The molecule has 0 spiro atoms. The van der Waals surface area contributed by atoms with E-state index in [1.54, 1.807) is 13.2 Å². The first-order chi connectivity index (χ1) is 12.7. The molecule has 26 heavy (non-hydrogen) atoms. The molecule has 2 N–H and O–H groups in total. The smallest absolute Gasteiger partial charge is 0.274 e. The molecule has 0 unspecified atom stereocenters. The van der Waals surface area contributed by atoms with Gasteiger partial charge in [-0.3, -0.25) is 4.79 Å². The molecule has 0 aliphatic rings. The van der Waals surface area contributed by atoms with Gasteiger partial charge in [0.25, 0.3) is 5.91 Å². The van der Waals surface area contributed by atoms with E-state index in [1.807, 2.05) is 55.5 Å². The predicted octanol–water partition coefficient (Wildman–Crippen LogP) is 4.04. The zero-order valence-electron chi connectivity index (χ0n) is 14.7. The van der Waals surface area contributed by atoms with Crippen molar-refractivity contribution in [3.8, 4) is 5.75 Å². The Labute approximate surface area is 152 Å². The van der Waals surface area contributed by atoms with Crippen LogP contribution in [-0.4, -0.2) is 23.0 Å². The van der Waals surface area contributed by atoms with Gasteiger partial charge >= 0.3 is 0 Å². The quantitative estimate of drug-likeness (QED) is 0.703. The molecule has 2 aromatic carbocycles. The maximum atomic E-state index is 12.6. The van der Waals surface area contributed by atoms with Gasteiger partial charge in [0.15, 0.2) is 0 Å². The first-order valence-electron chi connectivity index (χ1n) is 8.32. The summed E-state index contributed by atoms with van der Waals surface area (Å²) >= 11 is 0. The molecule has 1 amide bonds. The lowest BCUT2D eigenvalue weighted by Gasteiger charge is -2.11. The van der Waals surface area contributed by atoms with Crippen LogP contribution in [0, 0.1) is 0 Å². The summed E-state index contributed by atoms with van der Waals surface area (Å²) < 4.78 is 5.31. The van der Waals surface area contributed by atoms with Gasteiger partial charge in [-0.25, -0.2) is 9.97 Å². The molecule has 0 saturated carbocycles. The molecule has 132 valence electrons. The van der Waals surface area contributed by atoms with E-state index >= 15 is 0 Å². The molecule has 0 bridgehead atoms. The van der Waals surface area contributed by atoms with Crippen molar-refractivity contribution in [3.63, 3.8) is 0 Å². The number of nitrogens with one attached hydrogen (secondary N) is 2. The predicted molar refractivity (Wildman–Crippen MR) is 102 cm³/mol. The summed E-state index contributed by atoms with van der Waals surface area (Å²) in [7, 11) is 1.60. The highest BCUT2D eigenvalue weighted by atomic mass is 16.5. The number of hydrogen-bond donors (Lipinski definition) is 2. The SMILES string of the molecule is CCc1ccccc1NC(=O)c1cc(Nc2ccccc2OC)ncn1. The summed E-state index contributed by atoms with van der Waals surface area (Å²) in [6.07, 6.45) is 2.19. The molecule has 1 aromatic heterocycles. The molecule has 3 rings (SSSR count). The second-order valence-electron chi connectivity index (χ2n) is 5.58. The number of methoxy groups -OCH3 is 1. The first-order valence-corrected chi connectivity index (χ1v) is 8.32. The molecule has 0 fully saturated rings. The van der Waals surface area contributed by atoms with Crippen molar-refractivity contribution in [1.29, 1.82) is 0 Å². The van der Waals surface area contributed by atoms with Gasteiger partial charge in [-0.05, 0) is 30.2 Å². The molecule has 0 saturated heterocycles. The van der Waals surface area contributed by atoms with Gasteiger partial charge in [0.1, 0.15) is 23.6 Å². The van der Waals surface area contributed by atoms with Crippen LogP contribution in [0.2, 0.25) is 0 Å². The monoisotopic (exact) mass is 348 g/mol. The van der Waals surface area contributed by atoms with Crippen LogP contribution in [-0.2, 0) is 6.42 Å². The Morgan fingerprint density at radius 2 is 1.77 bits per heavy atom. The number of rotatable bonds is 6. The number of anilines is 3. The minimum Gasteiger partial charge on any atom is -0.495 e. The van der Waals surface area contributed by atoms with E-state index in [9.17, 15) is 4.79 Å². The molecular formula is C20H20N4O2. The number of aromatic nitrogens is 2. The number of aryl methyl sites for hydroxylation is 1. The average Bonchev–Trinajstić information content (AvgIpc) is 2.69. The lowest BCUT2D eigenvalue weighted by atomic mass is 10.1. The number of nitrogens with zero attached hydrogens (tertiary/aromatic N) is 2. The molecule has 0 atom stereocenters. The Morgan fingerprint density at radius 3 is 2.54 bits per heavy atom. The zero-order valence-corrected chi connectivity index (χ0v) is 14.7. The topological polar surface area (TPSA) is 76.1 Å². The average molecular weight is 348 g/mol. The van der Waals surface area contributed by atoms with Gasteiger partial charge in [0.2, 0.25) is 0 Å². The van der Waals surface area contributed by atoms with Crippen LogP contribution in [0.15, 0.2) is 60.9 Å². The zero-order chi connectivity index (χ0) is 18.4. The molecule has 0 aliphatic carbocycles. The van der Waals surface area contributed by atoms with Crippen LogP contribution in [0.1, 0.15) is 23.0 Å². The Morgan fingerprint density at radius 1 is 1.04 bits per heavy atom. The van der Waals surface area contributed by atoms with Crippen molar-refractivity contribution in [2.45, 2.75) is 13.3 Å². The summed E-state index contributed by atoms with van der Waals surface area (Å²) in [6.45, 7) is 2.05. The maximum Gasteiger partial charge on any atom is 0.274 e. The highest BCUT2D eigenvalue weighted by molar-refractivity contribution is 6.03. The third-order valence-electron chi connectivity index (χ3n) is 3.92. The summed E-state index contributed by atoms with van der Waals surface area (Å²) in [5.74, 6) is 0.920. The number of hydrogen-bond acceptors (Lipinski definition) is 5. The maximum absolute atomic E-state index is 12.6. The van der Waals surface area contributed by atoms with Crippen molar-refractivity contribution >= 4 is 23.1 Å². The fraction of sp³-hybridized carbons (Fsp3) is 0.150. The van der Waals surface area contributed by atoms with Gasteiger partial charge in [-0.15, -0.1) is 0 Å². The van der Waals surface area contributed by atoms with Gasteiger partial charge in [0, 0.05) is 11.8 Å². The van der Waals surface area contributed by atoms with E-state index in [4.69, 9.17) is 4.74 Å². The van der Waals surface area contributed by atoms with E-state index in [0.717, 1.165) is 23.4 Å². The van der Waals surface area contributed by atoms with Gasteiger partial charge in [-0.2, -0.15) is 0 Å². The third-order valence-corrected chi connectivity index (χ3v) is 3.92. The van der Waals surface area contributed by atoms with Gasteiger partial charge in [-0.1, -0.05) is 37.3 Å². The van der Waals surface area contributed by atoms with E-state index in [2.05, 4.69) is 20.6 Å². The van der Waals surface area contributed by atoms with E-state index in [1.165, 1.54) is 6.33 Å². The molecule has 0 radical (unpaired) electrons. The van der Waals surface area contributed by atoms with Crippen LogP contribution in [0.3, 0.4) is 0 Å². The van der Waals surface area contributed by atoms with Crippen LogP contribution in [0.5, 0.6) is 5.75 Å². The van der Waals surface area contributed by atoms with E-state index < -0.39 is 0 Å². The third kappa shape index (κ3) is 3.97. The van der Waals surface area contributed by atoms with Crippen LogP contribution < -0.4 is 15.4 Å². The Kier molecular flexibility index (Phi) is 5.43. The molecule has 6 nitrogen and oxygen atoms in total. The van der Waals surface area contributed by atoms with Crippen molar-refractivity contribution < 1.29 is 9.53 Å². The standard InChI is InChI=1S/C20H20N4O2/c1-3-14-8-4-5-9-15(14)24-20(25)17-12-19(22-13-21-17)23-16-10-6-7-11-18(16)26-2/h4-13H,3H2,1-2H3,(H,24,25)(H,21,22,23). The Hall–Kier alpha value is -3.41. The fourth-order valence-corrected chi connectivity index (χ4v) is 2.57. The Bertz CT molecular complexity index is 912. The largest absolute Gasteiger partial charge is 0.495 e. The minimum absolute atomic E-state index is 0.281. The number of carbonyl (C=O) groups excluding carboxylic acids is 1. The van der Waals surface area contributed by atoms with E-state index in [0.29, 0.717) is 11.6 Å². The summed E-state index contributed by atoms with van der Waals surface area (Å²) in [4.78, 5) is 20.8. The number of amides is 1. The molecule has 3 aromatic rings. The normalized spacial score (nSPS) is 10.2. The molecular weight excluding hydrogens is 328 g/mol. The molecule has 1 heterocycles. The highest BCUT2D eigenvalue weighted by Gasteiger charge is 2.12. The number of benzene rings is 2. The number of ether oxygens (including phenoxy) is 1. The molecule has 6 heteroatoms. The first kappa shape index (κ1) is 17.4. The van der Waals surface area contributed by atoms with Crippen LogP contribution in [0.25, 0.3) is 0 Å². The second-order valence-corrected chi connectivity index (χ2v) is 5.58. The second kappa shape index (κ2) is 8.11. The van der Waals surface area contributed by atoms with Crippen molar-refractivity contribution in [2.75, 3.05) is 17.7 Å². The Balaban J connectivity index is 1.79. The van der Waals surface area contributed by atoms with Crippen LogP contribution >= 0.6 is 0 Å². The van der Waals surface area contributed by atoms with Crippen molar-refractivity contribution in [1.82, 2.24) is 9.97 Å². The van der Waals surface area contributed by atoms with E-state index in [-0.39, 0.29) is 11.6 Å². The lowest BCUT2D eigenvalue weighted by molar-refractivity contribution is 0.102. The van der Waals surface area contributed by atoms with Crippen molar-refractivity contribution in [3.05, 3.63) is 72.2 Å². The van der Waals surface area contributed by atoms with Gasteiger partial charge in [0.05, 0.1) is 12.8 Å². The minimum atomic E-state index is -0.281. The summed E-state index contributed by atoms with van der Waals surface area (Å²) in [6, 6.07) is 16.8. The lowest BCUT2D eigenvalue weighted by Crippen LogP contribution is -2.15. The highest BCUT2D eigenvalue weighted by Crippen LogP contribution is 2.26. The van der Waals surface area contributed by atoms with Crippen molar-refractivity contribution in [2.24, 2.45) is 0 Å². The fourth-order valence-electron chi connectivity index (χ4n) is 2.57. The van der Waals surface area contributed by atoms with Gasteiger partial charge < -0.3 is 15.4 Å². The summed E-state index contributed by atoms with van der Waals surface area (Å²) in [5, 5.41) is 6.06.